The number of fused-ring (bicyclic) bond motifs is 1. The summed E-state index contributed by atoms with van der Waals surface area (Å²) in [5.41, 5.74) is 5.31. The maximum atomic E-state index is 12.5. The summed E-state index contributed by atoms with van der Waals surface area (Å²) >= 11 is 1.37. The molecule has 0 fully saturated rings. The van der Waals surface area contributed by atoms with Gasteiger partial charge in [-0.25, -0.2) is 4.79 Å². The first kappa shape index (κ1) is 20.8. The van der Waals surface area contributed by atoms with E-state index in [1.54, 1.807) is 7.11 Å². The van der Waals surface area contributed by atoms with Crippen molar-refractivity contribution in [1.29, 1.82) is 0 Å². The summed E-state index contributed by atoms with van der Waals surface area (Å²) in [6.45, 7) is 2.38. The van der Waals surface area contributed by atoms with Gasteiger partial charge in [0.15, 0.2) is 0 Å². The van der Waals surface area contributed by atoms with Crippen LogP contribution < -0.4 is 4.74 Å². The van der Waals surface area contributed by atoms with Crippen molar-refractivity contribution >= 4 is 28.3 Å². The van der Waals surface area contributed by atoms with Crippen molar-refractivity contribution in [3.63, 3.8) is 0 Å². The van der Waals surface area contributed by atoms with Crippen LogP contribution in [0.1, 0.15) is 20.1 Å². The van der Waals surface area contributed by atoms with Crippen molar-refractivity contribution in [2.24, 2.45) is 0 Å². The van der Waals surface area contributed by atoms with E-state index in [2.05, 4.69) is 31.7 Å². The number of aromatic nitrogens is 6. The number of tetrazole rings is 1. The minimum atomic E-state index is -0.391. The second-order valence-electron chi connectivity index (χ2n) is 7.30. The Morgan fingerprint density at radius 2 is 1.79 bits per heavy atom. The molecule has 0 atom stereocenters. The number of carbonyl (C=O) groups is 1. The summed E-state index contributed by atoms with van der Waals surface area (Å²) in [5.74, 6) is 0.127. The number of carbonyl (C=O) groups excluding carboxylic acids is 1. The van der Waals surface area contributed by atoms with Gasteiger partial charge >= 0.3 is 5.97 Å². The number of esters is 1. The first-order chi connectivity index (χ1) is 16.1. The van der Waals surface area contributed by atoms with E-state index in [-0.39, 0.29) is 0 Å². The lowest BCUT2D eigenvalue weighted by Gasteiger charge is -2.15. The lowest BCUT2D eigenvalue weighted by atomic mass is 9.95. The van der Waals surface area contributed by atoms with Gasteiger partial charge in [0.05, 0.1) is 26.3 Å². The molecule has 0 saturated carbocycles. The van der Waals surface area contributed by atoms with Gasteiger partial charge in [0.25, 0.3) is 6.01 Å². The van der Waals surface area contributed by atoms with Crippen molar-refractivity contribution in [2.75, 3.05) is 14.2 Å². The SMILES string of the molecule is COC(=O)c1sc(C)c2nc(OC)n(Cc3ccccc3-c3ccccc3-c3nn[nH]n3)c12. The molecule has 33 heavy (non-hydrogen) atoms. The molecular formula is C23H20N6O3S. The van der Waals surface area contributed by atoms with Crippen LogP contribution in [0.25, 0.3) is 33.5 Å². The van der Waals surface area contributed by atoms with Gasteiger partial charge in [-0.15, -0.1) is 21.5 Å². The number of hydrogen-bond acceptors (Lipinski definition) is 8. The number of nitrogens with one attached hydrogen (secondary N) is 1. The monoisotopic (exact) mass is 460 g/mol. The topological polar surface area (TPSA) is 108 Å². The molecule has 0 radical (unpaired) electrons. The molecule has 0 aliphatic heterocycles. The number of aryl methyl sites for hydroxylation is 1. The van der Waals surface area contributed by atoms with Crippen LogP contribution in [0.5, 0.6) is 6.01 Å². The molecule has 0 saturated heterocycles. The van der Waals surface area contributed by atoms with Gasteiger partial charge < -0.3 is 9.47 Å². The van der Waals surface area contributed by atoms with Gasteiger partial charge in [-0.05, 0) is 28.8 Å². The molecule has 5 rings (SSSR count). The smallest absolute Gasteiger partial charge is 0.350 e. The molecule has 0 bridgehead atoms. The minimum absolute atomic E-state index is 0.391. The number of rotatable bonds is 6. The number of thiophene rings is 1. The lowest BCUT2D eigenvalue weighted by Crippen LogP contribution is -2.07. The number of aromatic amines is 1. The summed E-state index contributed by atoms with van der Waals surface area (Å²) in [4.78, 5) is 18.6. The van der Waals surface area contributed by atoms with E-state index in [0.29, 0.717) is 28.8 Å². The zero-order chi connectivity index (χ0) is 22.9. The number of ether oxygens (including phenoxy) is 2. The van der Waals surface area contributed by atoms with Crippen molar-refractivity contribution in [3.8, 4) is 28.5 Å². The number of benzene rings is 2. The summed E-state index contributed by atoms with van der Waals surface area (Å²) in [7, 11) is 2.96. The Labute approximate surface area is 193 Å². The third kappa shape index (κ3) is 3.54. The van der Waals surface area contributed by atoms with E-state index in [4.69, 9.17) is 9.47 Å². The van der Waals surface area contributed by atoms with Crippen LogP contribution in [0, 0.1) is 6.92 Å². The fourth-order valence-corrected chi connectivity index (χ4v) is 4.99. The van der Waals surface area contributed by atoms with Gasteiger partial charge in [0.1, 0.15) is 10.4 Å². The second kappa shape index (κ2) is 8.47. The fourth-order valence-electron chi connectivity index (χ4n) is 3.97. The standard InChI is InChI=1S/C23H20N6O3S/c1-13-18-19(20(33-13)22(30)31-2)29(23(24-18)32-3)12-14-8-4-5-9-15(14)16-10-6-7-11-17(16)21-25-27-28-26-21/h4-11H,12H2,1-3H3,(H,25,26,27,28). The average Bonchev–Trinajstić information content (AvgIpc) is 3.57. The molecule has 3 aromatic heterocycles. The van der Waals surface area contributed by atoms with Gasteiger partial charge in [-0.2, -0.15) is 10.2 Å². The quantitative estimate of drug-likeness (QED) is 0.380. The average molecular weight is 461 g/mol. The van der Waals surface area contributed by atoms with Crippen molar-refractivity contribution in [3.05, 3.63) is 63.8 Å². The predicted molar refractivity (Wildman–Crippen MR) is 124 cm³/mol. The number of hydrogen-bond donors (Lipinski definition) is 1. The van der Waals surface area contributed by atoms with Gasteiger partial charge in [-0.1, -0.05) is 48.5 Å². The van der Waals surface area contributed by atoms with Gasteiger partial charge in [-0.3, -0.25) is 4.57 Å². The number of H-pyrrole nitrogens is 1. The molecule has 9 nitrogen and oxygen atoms in total. The molecule has 166 valence electrons. The van der Waals surface area contributed by atoms with Crippen LogP contribution in [0.4, 0.5) is 0 Å². The van der Waals surface area contributed by atoms with Crippen molar-refractivity contribution in [1.82, 2.24) is 30.2 Å². The highest BCUT2D eigenvalue weighted by Crippen LogP contribution is 2.37. The van der Waals surface area contributed by atoms with E-state index in [1.807, 2.05) is 54.0 Å². The molecule has 2 aromatic carbocycles. The highest BCUT2D eigenvalue weighted by atomic mass is 32.1. The normalized spacial score (nSPS) is 11.1. The van der Waals surface area contributed by atoms with Crippen molar-refractivity contribution < 1.29 is 14.3 Å². The summed E-state index contributed by atoms with van der Waals surface area (Å²) in [5, 5.41) is 14.5. The van der Waals surface area contributed by atoms with Crippen LogP contribution in [0.15, 0.2) is 48.5 Å². The molecule has 0 aliphatic rings. The number of imidazole rings is 1. The van der Waals surface area contributed by atoms with E-state index in [0.717, 1.165) is 32.6 Å². The second-order valence-corrected chi connectivity index (χ2v) is 8.52. The van der Waals surface area contributed by atoms with Crippen molar-refractivity contribution in [2.45, 2.75) is 13.5 Å². The largest absolute Gasteiger partial charge is 0.468 e. The first-order valence-corrected chi connectivity index (χ1v) is 11.0. The molecule has 1 N–H and O–H groups in total. The van der Waals surface area contributed by atoms with E-state index < -0.39 is 5.97 Å². The zero-order valence-corrected chi connectivity index (χ0v) is 19.0. The van der Waals surface area contributed by atoms with Crippen LogP contribution in [0.2, 0.25) is 0 Å². The van der Waals surface area contributed by atoms with Crippen LogP contribution in [-0.4, -0.2) is 50.4 Å². The van der Waals surface area contributed by atoms with Crippen LogP contribution >= 0.6 is 11.3 Å². The third-order valence-corrected chi connectivity index (χ3v) is 6.50. The summed E-state index contributed by atoms with van der Waals surface area (Å²) in [6.07, 6.45) is 0. The Hall–Kier alpha value is -4.05. The lowest BCUT2D eigenvalue weighted by molar-refractivity contribution is 0.0608. The minimum Gasteiger partial charge on any atom is -0.468 e. The zero-order valence-electron chi connectivity index (χ0n) is 18.2. The fraction of sp³-hybridized carbons (Fsp3) is 0.174. The third-order valence-electron chi connectivity index (χ3n) is 5.44. The molecular weight excluding hydrogens is 440 g/mol. The van der Waals surface area contributed by atoms with E-state index >= 15 is 0 Å². The highest BCUT2D eigenvalue weighted by molar-refractivity contribution is 7.15. The van der Waals surface area contributed by atoms with Gasteiger partial charge in [0, 0.05) is 10.4 Å². The van der Waals surface area contributed by atoms with Crippen LogP contribution in [0.3, 0.4) is 0 Å². The number of nitrogens with zero attached hydrogens (tertiary/aromatic N) is 5. The van der Waals surface area contributed by atoms with E-state index in [9.17, 15) is 4.79 Å². The Kier molecular flexibility index (Phi) is 5.35. The molecule has 3 heterocycles. The molecule has 0 amide bonds. The summed E-state index contributed by atoms with van der Waals surface area (Å²) in [6, 6.07) is 16.4. The molecule has 0 unspecified atom stereocenters. The molecule has 10 heteroatoms. The maximum absolute atomic E-state index is 12.5. The Morgan fingerprint density at radius 3 is 2.48 bits per heavy atom. The molecule has 0 spiro atoms. The van der Waals surface area contributed by atoms with Crippen LogP contribution in [-0.2, 0) is 11.3 Å². The molecule has 5 aromatic rings. The Morgan fingerprint density at radius 1 is 1.06 bits per heavy atom. The Balaban J connectivity index is 1.68. The van der Waals surface area contributed by atoms with Gasteiger partial charge in [0.2, 0.25) is 5.82 Å². The first-order valence-electron chi connectivity index (χ1n) is 10.2. The maximum Gasteiger partial charge on any atom is 0.350 e. The Bertz CT molecular complexity index is 1450. The highest BCUT2D eigenvalue weighted by Gasteiger charge is 2.25. The summed E-state index contributed by atoms with van der Waals surface area (Å²) < 4.78 is 12.5. The number of methoxy groups -OCH3 is 2. The molecule has 0 aliphatic carbocycles. The van der Waals surface area contributed by atoms with E-state index in [1.165, 1.54) is 18.4 Å². The predicted octanol–water partition coefficient (Wildman–Crippen LogP) is 4.10.